The Morgan fingerprint density at radius 3 is 2.81 bits per heavy atom. The summed E-state index contributed by atoms with van der Waals surface area (Å²) in [4.78, 5) is 0. The zero-order valence-corrected chi connectivity index (χ0v) is 12.6. The van der Waals surface area contributed by atoms with Crippen molar-refractivity contribution in [3.63, 3.8) is 0 Å². The molecule has 4 nitrogen and oxygen atoms in total. The summed E-state index contributed by atoms with van der Waals surface area (Å²) >= 11 is 1.10. The van der Waals surface area contributed by atoms with Crippen LogP contribution in [0.5, 0.6) is 0 Å². The monoisotopic (exact) mass is 324 g/mol. The van der Waals surface area contributed by atoms with E-state index in [1.54, 1.807) is 11.4 Å². The maximum Gasteiger partial charge on any atom is 0.250 e. The van der Waals surface area contributed by atoms with Crippen LogP contribution in [0.2, 0.25) is 0 Å². The molecule has 2 rings (SSSR count). The fourth-order valence-corrected chi connectivity index (χ4v) is 3.65. The zero-order chi connectivity index (χ0) is 15.3. The number of benzene rings is 1. The molecule has 0 unspecified atom stereocenters. The Bertz CT molecular complexity index is 775. The summed E-state index contributed by atoms with van der Waals surface area (Å²) in [6.45, 7) is 0.0714. The molecule has 0 bridgehead atoms. The van der Waals surface area contributed by atoms with Gasteiger partial charge in [-0.15, -0.1) is 11.3 Å². The molecule has 0 fully saturated rings. The minimum Gasteiger partial charge on any atom is -0.320 e. The van der Waals surface area contributed by atoms with Crippen molar-refractivity contribution < 1.29 is 12.8 Å². The highest BCUT2D eigenvalue weighted by Gasteiger charge is 2.15. The quantitative estimate of drug-likeness (QED) is 0.841. The molecule has 3 N–H and O–H groups in total. The highest BCUT2D eigenvalue weighted by atomic mass is 32.2. The molecule has 110 valence electrons. The van der Waals surface area contributed by atoms with Gasteiger partial charge in [-0.2, -0.15) is 0 Å². The van der Waals surface area contributed by atoms with Crippen molar-refractivity contribution >= 4 is 21.4 Å². The minimum absolute atomic E-state index is 0.135. The van der Waals surface area contributed by atoms with E-state index in [4.69, 9.17) is 5.73 Å². The molecule has 7 heteroatoms. The number of hydrogen-bond donors (Lipinski definition) is 2. The van der Waals surface area contributed by atoms with E-state index in [1.165, 1.54) is 24.3 Å². The van der Waals surface area contributed by atoms with Crippen LogP contribution in [0.1, 0.15) is 11.1 Å². The van der Waals surface area contributed by atoms with E-state index in [1.807, 2.05) is 0 Å². The first-order valence-electron chi connectivity index (χ1n) is 6.03. The van der Waals surface area contributed by atoms with Crippen LogP contribution in [-0.4, -0.2) is 15.0 Å². The van der Waals surface area contributed by atoms with Crippen LogP contribution < -0.4 is 10.5 Å². The molecule has 0 saturated heterocycles. The van der Waals surface area contributed by atoms with E-state index < -0.39 is 15.8 Å². The molecule has 0 aliphatic rings. The lowest BCUT2D eigenvalue weighted by Crippen LogP contribution is -2.23. The van der Waals surface area contributed by atoms with E-state index in [0.717, 1.165) is 11.3 Å². The molecule has 1 aromatic heterocycles. The molecule has 0 atom stereocenters. The Morgan fingerprint density at radius 2 is 2.14 bits per heavy atom. The number of nitrogens with two attached hydrogens (primary N) is 1. The first-order valence-corrected chi connectivity index (χ1v) is 8.40. The van der Waals surface area contributed by atoms with Crippen molar-refractivity contribution in [3.05, 3.63) is 52.7 Å². The van der Waals surface area contributed by atoms with Gasteiger partial charge < -0.3 is 5.73 Å². The van der Waals surface area contributed by atoms with Crippen molar-refractivity contribution in [2.45, 2.75) is 10.8 Å². The first-order chi connectivity index (χ1) is 10.0. The van der Waals surface area contributed by atoms with Crippen LogP contribution in [0.25, 0.3) is 0 Å². The maximum absolute atomic E-state index is 13.7. The molecule has 1 aromatic carbocycles. The lowest BCUT2D eigenvalue weighted by atomic mass is 10.1. The summed E-state index contributed by atoms with van der Waals surface area (Å²) in [6.07, 6.45) is 0. The number of hydrogen-bond acceptors (Lipinski definition) is 4. The number of halogens is 1. The molecule has 2 aromatic rings. The van der Waals surface area contributed by atoms with Gasteiger partial charge in [0.25, 0.3) is 0 Å². The SMILES string of the molecule is NCC#Cc1ccc(F)c(CNS(=O)(=O)c2cccs2)c1. The van der Waals surface area contributed by atoms with Crippen LogP contribution in [0.3, 0.4) is 0 Å². The summed E-state index contributed by atoms with van der Waals surface area (Å²) < 4.78 is 40.2. The molecule has 21 heavy (non-hydrogen) atoms. The number of sulfonamides is 1. The minimum atomic E-state index is -3.62. The summed E-state index contributed by atoms with van der Waals surface area (Å²) in [5, 5.41) is 1.66. The van der Waals surface area contributed by atoms with Gasteiger partial charge in [0.05, 0.1) is 6.54 Å². The van der Waals surface area contributed by atoms with Crippen molar-refractivity contribution in [2.24, 2.45) is 5.73 Å². The predicted molar refractivity (Wildman–Crippen MR) is 80.7 cm³/mol. The van der Waals surface area contributed by atoms with Gasteiger partial charge >= 0.3 is 0 Å². The van der Waals surface area contributed by atoms with Gasteiger partial charge in [-0.1, -0.05) is 17.9 Å². The van der Waals surface area contributed by atoms with E-state index in [2.05, 4.69) is 16.6 Å². The molecular weight excluding hydrogens is 311 g/mol. The Morgan fingerprint density at radius 1 is 1.33 bits per heavy atom. The third kappa shape index (κ3) is 4.12. The topological polar surface area (TPSA) is 72.2 Å². The summed E-state index contributed by atoms with van der Waals surface area (Å²) in [5.74, 6) is 4.96. The lowest BCUT2D eigenvalue weighted by molar-refractivity contribution is 0.576. The smallest absolute Gasteiger partial charge is 0.250 e. The molecule has 0 saturated carbocycles. The van der Waals surface area contributed by atoms with Crippen LogP contribution >= 0.6 is 11.3 Å². The third-order valence-corrected chi connectivity index (χ3v) is 5.39. The van der Waals surface area contributed by atoms with Crippen molar-refractivity contribution in [1.82, 2.24) is 4.72 Å². The van der Waals surface area contributed by atoms with Gasteiger partial charge in [0, 0.05) is 17.7 Å². The highest BCUT2D eigenvalue weighted by molar-refractivity contribution is 7.91. The van der Waals surface area contributed by atoms with E-state index in [0.29, 0.717) is 5.56 Å². The van der Waals surface area contributed by atoms with E-state index >= 15 is 0 Å². The lowest BCUT2D eigenvalue weighted by Gasteiger charge is -2.06. The Hall–Kier alpha value is -1.72. The molecule has 0 aliphatic carbocycles. The summed E-state index contributed by atoms with van der Waals surface area (Å²) in [6, 6.07) is 7.43. The summed E-state index contributed by atoms with van der Waals surface area (Å²) in [5.41, 5.74) is 6.10. The van der Waals surface area contributed by atoms with Crippen LogP contribution in [0, 0.1) is 17.7 Å². The second kappa shape index (κ2) is 6.83. The Balaban J connectivity index is 2.16. The van der Waals surface area contributed by atoms with Gasteiger partial charge in [-0.25, -0.2) is 17.5 Å². The first kappa shape index (κ1) is 15.7. The molecule has 0 radical (unpaired) electrons. The van der Waals surface area contributed by atoms with Gasteiger partial charge in [0.15, 0.2) is 0 Å². The van der Waals surface area contributed by atoms with Crippen molar-refractivity contribution in [1.29, 1.82) is 0 Å². The highest BCUT2D eigenvalue weighted by Crippen LogP contribution is 2.17. The van der Waals surface area contributed by atoms with Gasteiger partial charge in [-0.05, 0) is 29.6 Å². The van der Waals surface area contributed by atoms with Crippen LogP contribution in [0.15, 0.2) is 39.9 Å². The van der Waals surface area contributed by atoms with Crippen molar-refractivity contribution in [2.75, 3.05) is 6.54 Å². The van der Waals surface area contributed by atoms with E-state index in [-0.39, 0.29) is 22.9 Å². The Labute approximate surface area is 126 Å². The van der Waals surface area contributed by atoms with Gasteiger partial charge in [0.2, 0.25) is 10.0 Å². The second-order valence-corrected chi connectivity index (χ2v) is 7.01. The largest absolute Gasteiger partial charge is 0.320 e. The second-order valence-electron chi connectivity index (χ2n) is 4.07. The Kier molecular flexibility index (Phi) is 5.09. The fraction of sp³-hybridized carbons (Fsp3) is 0.143. The molecular formula is C14H13FN2O2S2. The number of thiophene rings is 1. The molecule has 0 amide bonds. The van der Waals surface area contributed by atoms with Crippen LogP contribution in [-0.2, 0) is 16.6 Å². The normalized spacial score (nSPS) is 11.0. The number of rotatable bonds is 4. The third-order valence-electron chi connectivity index (χ3n) is 2.59. The number of nitrogens with one attached hydrogen (secondary N) is 1. The fourth-order valence-electron chi connectivity index (χ4n) is 1.60. The maximum atomic E-state index is 13.7. The van der Waals surface area contributed by atoms with Crippen molar-refractivity contribution in [3.8, 4) is 11.8 Å². The van der Waals surface area contributed by atoms with Crippen LogP contribution in [0.4, 0.5) is 4.39 Å². The van der Waals surface area contributed by atoms with Gasteiger partial charge in [-0.3, -0.25) is 0 Å². The standard InChI is InChI=1S/C14H13FN2O2S2/c15-13-6-5-11(3-1-7-16)9-12(13)10-17-21(18,19)14-4-2-8-20-14/h2,4-6,8-9,17H,7,10,16H2. The average Bonchev–Trinajstić information content (AvgIpc) is 3.00. The zero-order valence-electron chi connectivity index (χ0n) is 11.0. The summed E-state index contributed by atoms with van der Waals surface area (Å²) in [7, 11) is -3.62. The predicted octanol–water partition coefficient (Wildman–Crippen LogP) is 1.68. The average molecular weight is 324 g/mol. The molecule has 1 heterocycles. The molecule has 0 spiro atoms. The van der Waals surface area contributed by atoms with Gasteiger partial charge in [0.1, 0.15) is 10.0 Å². The van der Waals surface area contributed by atoms with E-state index in [9.17, 15) is 12.8 Å². The molecule has 0 aliphatic heterocycles.